The van der Waals surface area contributed by atoms with Crippen LogP contribution in [0.4, 0.5) is 0 Å². The van der Waals surface area contributed by atoms with Gasteiger partial charge in [-0.15, -0.1) is 0 Å². The Morgan fingerprint density at radius 1 is 1.00 bits per heavy atom. The molecule has 0 aliphatic rings. The van der Waals surface area contributed by atoms with E-state index < -0.39 is 6.47 Å². The molecule has 0 amide bonds. The summed E-state index contributed by atoms with van der Waals surface area (Å²) in [6.45, 7) is 11.1. The number of carboxylic acid groups (broad SMARTS) is 1. The summed E-state index contributed by atoms with van der Waals surface area (Å²) in [4.78, 5) is 8.25. The second-order valence-corrected chi connectivity index (χ2v) is 4.06. The smallest absolute Gasteiger partial charge is 0.102 e. The van der Waals surface area contributed by atoms with E-state index in [9.17, 15) is 0 Å². The van der Waals surface area contributed by atoms with Crippen LogP contribution in [0.15, 0.2) is 0 Å². The van der Waals surface area contributed by atoms with Gasteiger partial charge in [0.25, 0.3) is 0 Å². The van der Waals surface area contributed by atoms with Gasteiger partial charge < -0.3 is 19.5 Å². The fourth-order valence-electron chi connectivity index (χ4n) is 2.31. The SMILES string of the molecule is CCC[N+](CCC)(CCC)CCO.O=C[O-]. The zero-order chi connectivity index (χ0) is 12.9. The molecule has 0 aliphatic carbocycles. The highest BCUT2D eigenvalue weighted by molar-refractivity contribution is 5.29. The van der Waals surface area contributed by atoms with Gasteiger partial charge in [0, 0.05) is 6.47 Å². The van der Waals surface area contributed by atoms with Gasteiger partial charge in [0.2, 0.25) is 0 Å². The molecule has 0 bridgehead atoms. The summed E-state index contributed by atoms with van der Waals surface area (Å²) in [5, 5.41) is 17.3. The average Bonchev–Trinajstić information content (AvgIpc) is 2.20. The van der Waals surface area contributed by atoms with Crippen LogP contribution < -0.4 is 5.11 Å². The second-order valence-electron chi connectivity index (χ2n) is 4.06. The Labute approximate surface area is 99.5 Å². The Hall–Kier alpha value is -0.610. The van der Waals surface area contributed by atoms with Crippen LogP contribution in [0.2, 0.25) is 0 Å². The lowest BCUT2D eigenvalue weighted by atomic mass is 10.2. The van der Waals surface area contributed by atoms with Crippen LogP contribution in [0.5, 0.6) is 0 Å². The summed E-state index contributed by atoms with van der Waals surface area (Å²) in [7, 11) is 0. The quantitative estimate of drug-likeness (QED) is 0.487. The van der Waals surface area contributed by atoms with Crippen LogP contribution in [-0.2, 0) is 4.79 Å². The average molecular weight is 233 g/mol. The lowest BCUT2D eigenvalue weighted by molar-refractivity contribution is -0.928. The van der Waals surface area contributed by atoms with Crippen molar-refractivity contribution in [2.24, 2.45) is 0 Å². The van der Waals surface area contributed by atoms with Crippen LogP contribution in [0.3, 0.4) is 0 Å². The van der Waals surface area contributed by atoms with Gasteiger partial charge in [-0.25, -0.2) is 0 Å². The highest BCUT2D eigenvalue weighted by atomic mass is 16.3. The summed E-state index contributed by atoms with van der Waals surface area (Å²) < 4.78 is 1.12. The third-order valence-corrected chi connectivity index (χ3v) is 2.67. The first kappa shape index (κ1) is 17.8. The predicted octanol–water partition coefficient (Wildman–Crippen LogP) is 0.392. The van der Waals surface area contributed by atoms with Gasteiger partial charge in [0.1, 0.15) is 6.54 Å². The van der Waals surface area contributed by atoms with Crippen molar-refractivity contribution in [2.75, 3.05) is 32.8 Å². The van der Waals surface area contributed by atoms with Crippen molar-refractivity contribution in [3.05, 3.63) is 0 Å². The van der Waals surface area contributed by atoms with Gasteiger partial charge in [-0.2, -0.15) is 0 Å². The van der Waals surface area contributed by atoms with Gasteiger partial charge in [-0.1, -0.05) is 20.8 Å². The summed E-state index contributed by atoms with van der Waals surface area (Å²) in [5.74, 6) is 0. The minimum absolute atomic E-state index is 0.333. The van der Waals surface area contributed by atoms with E-state index in [2.05, 4.69) is 20.8 Å². The maximum Gasteiger partial charge on any atom is 0.102 e. The summed E-state index contributed by atoms with van der Waals surface area (Å²) in [6, 6.07) is 0. The first-order valence-corrected chi connectivity index (χ1v) is 6.17. The number of hydrogen-bond donors (Lipinski definition) is 1. The van der Waals surface area contributed by atoms with Gasteiger partial charge in [-0.05, 0) is 19.3 Å². The number of nitrogens with zero attached hydrogens (tertiary/aromatic N) is 1. The van der Waals surface area contributed by atoms with Crippen molar-refractivity contribution in [1.82, 2.24) is 0 Å². The molecule has 0 aromatic carbocycles. The summed E-state index contributed by atoms with van der Waals surface area (Å²) in [6.07, 6.45) is 3.67. The molecule has 0 radical (unpaired) electrons. The zero-order valence-corrected chi connectivity index (χ0v) is 10.9. The van der Waals surface area contributed by atoms with Gasteiger partial charge in [0.05, 0.1) is 26.2 Å². The maximum atomic E-state index is 9.07. The minimum atomic E-state index is -0.500. The van der Waals surface area contributed by atoms with Crippen LogP contribution in [-0.4, -0.2) is 48.8 Å². The number of rotatable bonds is 8. The van der Waals surface area contributed by atoms with Crippen LogP contribution in [0.1, 0.15) is 40.0 Å². The molecule has 0 aliphatic heterocycles. The molecule has 1 N–H and O–H groups in total. The highest BCUT2D eigenvalue weighted by Crippen LogP contribution is 2.10. The fourth-order valence-corrected chi connectivity index (χ4v) is 2.31. The molecule has 0 saturated heterocycles. The monoisotopic (exact) mass is 233 g/mol. The normalized spacial score (nSPS) is 10.5. The van der Waals surface area contributed by atoms with Crippen molar-refractivity contribution >= 4 is 6.47 Å². The van der Waals surface area contributed by atoms with Crippen LogP contribution >= 0.6 is 0 Å². The predicted molar refractivity (Wildman–Crippen MR) is 63.8 cm³/mol. The van der Waals surface area contributed by atoms with E-state index in [1.54, 1.807) is 0 Å². The first-order valence-electron chi connectivity index (χ1n) is 6.17. The maximum absolute atomic E-state index is 9.07. The highest BCUT2D eigenvalue weighted by Gasteiger charge is 2.23. The molecule has 0 fully saturated rings. The van der Waals surface area contributed by atoms with E-state index >= 15 is 0 Å². The van der Waals surface area contributed by atoms with Crippen molar-refractivity contribution in [3.63, 3.8) is 0 Å². The number of quaternary nitrogens is 1. The standard InChI is InChI=1S/C11H26NO.CH2O2/c1-4-7-12(8-5-2,9-6-3)10-11-13;2-1-3/h13H,4-11H2,1-3H3;1H,(H,2,3)/q+1;/p-1. The zero-order valence-electron chi connectivity index (χ0n) is 10.9. The minimum Gasteiger partial charge on any atom is -0.554 e. The van der Waals surface area contributed by atoms with Crippen molar-refractivity contribution in [2.45, 2.75) is 40.0 Å². The van der Waals surface area contributed by atoms with E-state index in [1.165, 1.54) is 38.9 Å². The van der Waals surface area contributed by atoms with Crippen LogP contribution in [0.25, 0.3) is 0 Å². The Morgan fingerprint density at radius 2 is 1.31 bits per heavy atom. The molecular weight excluding hydrogens is 206 g/mol. The van der Waals surface area contributed by atoms with Crippen molar-refractivity contribution in [1.29, 1.82) is 0 Å². The third kappa shape index (κ3) is 8.68. The topological polar surface area (TPSA) is 60.4 Å². The number of hydrogen-bond acceptors (Lipinski definition) is 3. The van der Waals surface area contributed by atoms with Crippen LogP contribution in [0, 0.1) is 0 Å². The fraction of sp³-hybridized carbons (Fsp3) is 0.917. The van der Waals surface area contributed by atoms with E-state index in [4.69, 9.17) is 15.0 Å². The molecule has 4 heteroatoms. The van der Waals surface area contributed by atoms with E-state index in [-0.39, 0.29) is 0 Å². The Morgan fingerprint density at radius 3 is 1.50 bits per heavy atom. The lowest BCUT2D eigenvalue weighted by Gasteiger charge is -2.38. The Kier molecular flexibility index (Phi) is 13.8. The van der Waals surface area contributed by atoms with E-state index in [0.29, 0.717) is 6.61 Å². The number of carbonyl (C=O) groups is 1. The molecule has 4 nitrogen and oxygen atoms in total. The van der Waals surface area contributed by atoms with E-state index in [1.807, 2.05) is 0 Å². The molecule has 0 spiro atoms. The largest absolute Gasteiger partial charge is 0.554 e. The molecule has 98 valence electrons. The number of aliphatic hydroxyl groups excluding tert-OH is 1. The Balaban J connectivity index is 0. The number of aliphatic hydroxyl groups is 1. The Bertz CT molecular complexity index is 122. The summed E-state index contributed by atoms with van der Waals surface area (Å²) in [5.41, 5.74) is 0. The third-order valence-electron chi connectivity index (χ3n) is 2.67. The summed E-state index contributed by atoms with van der Waals surface area (Å²) >= 11 is 0. The van der Waals surface area contributed by atoms with Gasteiger partial charge in [0.15, 0.2) is 0 Å². The molecule has 0 aromatic rings. The molecule has 0 atom stereocenters. The molecule has 0 rings (SSSR count). The first-order chi connectivity index (χ1) is 7.66. The van der Waals surface area contributed by atoms with Gasteiger partial charge >= 0.3 is 0 Å². The van der Waals surface area contributed by atoms with Crippen molar-refractivity contribution < 1.29 is 19.5 Å². The molecule has 0 aromatic heterocycles. The van der Waals surface area contributed by atoms with E-state index in [0.717, 1.165) is 11.0 Å². The molecule has 0 saturated carbocycles. The second kappa shape index (κ2) is 12.5. The molecule has 16 heavy (non-hydrogen) atoms. The van der Waals surface area contributed by atoms with Gasteiger partial charge in [-0.3, -0.25) is 0 Å². The van der Waals surface area contributed by atoms with Crippen molar-refractivity contribution in [3.8, 4) is 0 Å². The molecule has 0 heterocycles. The lowest BCUT2D eigenvalue weighted by Crippen LogP contribution is -2.51. The number of carbonyl (C=O) groups excluding carboxylic acids is 1. The molecule has 0 unspecified atom stereocenters. The molecular formula is C12H27NO3.